The van der Waals surface area contributed by atoms with E-state index < -0.39 is 0 Å². The molecule has 2 aromatic rings. The van der Waals surface area contributed by atoms with Crippen molar-refractivity contribution in [3.8, 4) is 5.75 Å². The summed E-state index contributed by atoms with van der Waals surface area (Å²) >= 11 is 0. The molecule has 1 amide bonds. The maximum absolute atomic E-state index is 12.4. The largest absolute Gasteiger partial charge is 0.483 e. The molecule has 0 saturated carbocycles. The zero-order chi connectivity index (χ0) is 19.1. The van der Waals surface area contributed by atoms with Crippen LogP contribution < -0.4 is 15.0 Å². The highest BCUT2D eigenvalue weighted by molar-refractivity contribution is 5.92. The van der Waals surface area contributed by atoms with Crippen molar-refractivity contribution in [1.82, 2.24) is 0 Å². The van der Waals surface area contributed by atoms with Gasteiger partial charge in [0.1, 0.15) is 5.75 Å². The molecule has 2 aromatic carbocycles. The minimum atomic E-state index is -0.159. The van der Waals surface area contributed by atoms with Gasteiger partial charge in [-0.3, -0.25) is 4.79 Å². The number of carbonyl (C=O) groups excluding carboxylic acids is 1. The van der Waals surface area contributed by atoms with Gasteiger partial charge in [-0.1, -0.05) is 38.1 Å². The lowest BCUT2D eigenvalue weighted by Gasteiger charge is -2.29. The zero-order valence-corrected chi connectivity index (χ0v) is 16.1. The van der Waals surface area contributed by atoms with Gasteiger partial charge in [0.05, 0.1) is 13.2 Å². The standard InChI is InChI=1S/C22H28N2O3/c1-3-17(2)20-9-4-5-10-21(20)27-16-22(25)23-18-7-6-8-19(15-18)24-11-13-26-14-12-24/h4-10,15,17H,3,11-14,16H2,1-2H3,(H,23,25). The third kappa shape index (κ3) is 5.23. The molecule has 0 spiro atoms. The molecule has 0 aliphatic carbocycles. The molecule has 5 nitrogen and oxygen atoms in total. The van der Waals surface area contributed by atoms with Gasteiger partial charge in [-0.2, -0.15) is 0 Å². The number of rotatable bonds is 7. The van der Waals surface area contributed by atoms with Crippen LogP contribution in [0.2, 0.25) is 0 Å². The second-order valence-electron chi connectivity index (χ2n) is 6.83. The number of ether oxygens (including phenoxy) is 2. The molecule has 1 aliphatic heterocycles. The molecule has 1 aliphatic rings. The number of morpholine rings is 1. The molecule has 27 heavy (non-hydrogen) atoms. The van der Waals surface area contributed by atoms with Crippen LogP contribution in [0.15, 0.2) is 48.5 Å². The number of nitrogens with one attached hydrogen (secondary N) is 1. The van der Waals surface area contributed by atoms with Crippen molar-refractivity contribution >= 4 is 17.3 Å². The highest BCUT2D eigenvalue weighted by atomic mass is 16.5. The number of amides is 1. The molecule has 1 atom stereocenters. The summed E-state index contributed by atoms with van der Waals surface area (Å²) in [4.78, 5) is 14.6. The third-order valence-electron chi connectivity index (χ3n) is 4.93. The number of hydrogen-bond acceptors (Lipinski definition) is 4. The Labute approximate surface area is 161 Å². The maximum Gasteiger partial charge on any atom is 0.262 e. The molecule has 1 fully saturated rings. The quantitative estimate of drug-likeness (QED) is 0.801. The Morgan fingerprint density at radius 3 is 2.74 bits per heavy atom. The van der Waals surface area contributed by atoms with Gasteiger partial charge in [0, 0.05) is 24.5 Å². The van der Waals surface area contributed by atoms with Crippen LogP contribution in [0.3, 0.4) is 0 Å². The average molecular weight is 368 g/mol. The highest BCUT2D eigenvalue weighted by Crippen LogP contribution is 2.28. The van der Waals surface area contributed by atoms with Crippen molar-refractivity contribution in [1.29, 1.82) is 0 Å². The van der Waals surface area contributed by atoms with Crippen LogP contribution in [0, 0.1) is 0 Å². The van der Waals surface area contributed by atoms with Gasteiger partial charge < -0.3 is 19.7 Å². The van der Waals surface area contributed by atoms with Crippen molar-refractivity contribution < 1.29 is 14.3 Å². The van der Waals surface area contributed by atoms with E-state index in [4.69, 9.17) is 9.47 Å². The van der Waals surface area contributed by atoms with Gasteiger partial charge in [-0.05, 0) is 42.2 Å². The normalized spacial score (nSPS) is 15.3. The first-order valence-corrected chi connectivity index (χ1v) is 9.61. The Morgan fingerprint density at radius 2 is 1.96 bits per heavy atom. The van der Waals surface area contributed by atoms with E-state index in [1.165, 1.54) is 0 Å². The van der Waals surface area contributed by atoms with Gasteiger partial charge >= 0.3 is 0 Å². The lowest BCUT2D eigenvalue weighted by molar-refractivity contribution is -0.118. The monoisotopic (exact) mass is 368 g/mol. The lowest BCUT2D eigenvalue weighted by atomic mass is 9.98. The van der Waals surface area contributed by atoms with Crippen LogP contribution in [0.25, 0.3) is 0 Å². The number of para-hydroxylation sites is 1. The van der Waals surface area contributed by atoms with Crippen molar-refractivity contribution in [2.45, 2.75) is 26.2 Å². The number of carbonyl (C=O) groups is 1. The third-order valence-corrected chi connectivity index (χ3v) is 4.93. The Bertz CT molecular complexity index is 757. The molecule has 0 radical (unpaired) electrons. The van der Waals surface area contributed by atoms with Crippen LogP contribution in [0.1, 0.15) is 31.7 Å². The van der Waals surface area contributed by atoms with Crippen LogP contribution in [0.5, 0.6) is 5.75 Å². The average Bonchev–Trinajstić information content (AvgIpc) is 2.73. The summed E-state index contributed by atoms with van der Waals surface area (Å²) in [5.41, 5.74) is 3.02. The van der Waals surface area contributed by atoms with Gasteiger partial charge in [0.25, 0.3) is 5.91 Å². The summed E-state index contributed by atoms with van der Waals surface area (Å²) in [5, 5.41) is 2.93. The first-order valence-electron chi connectivity index (χ1n) is 9.61. The van der Waals surface area contributed by atoms with E-state index in [9.17, 15) is 4.79 Å². The van der Waals surface area contributed by atoms with E-state index in [0.29, 0.717) is 5.92 Å². The summed E-state index contributed by atoms with van der Waals surface area (Å²) in [6.45, 7) is 7.52. The number of hydrogen-bond donors (Lipinski definition) is 1. The molecule has 1 saturated heterocycles. The molecule has 1 N–H and O–H groups in total. The van der Waals surface area contributed by atoms with Crippen molar-refractivity contribution in [3.05, 3.63) is 54.1 Å². The summed E-state index contributed by atoms with van der Waals surface area (Å²) in [7, 11) is 0. The molecular weight excluding hydrogens is 340 g/mol. The van der Waals surface area contributed by atoms with Gasteiger partial charge in [-0.25, -0.2) is 0 Å². The maximum atomic E-state index is 12.4. The molecule has 0 aromatic heterocycles. The second kappa shape index (κ2) is 9.42. The predicted molar refractivity (Wildman–Crippen MR) is 109 cm³/mol. The van der Waals surface area contributed by atoms with Crippen molar-refractivity contribution in [3.63, 3.8) is 0 Å². The van der Waals surface area contributed by atoms with Crippen LogP contribution in [-0.2, 0) is 9.53 Å². The molecule has 3 rings (SSSR count). The van der Waals surface area contributed by atoms with E-state index in [1.54, 1.807) is 0 Å². The Balaban J connectivity index is 1.59. The minimum Gasteiger partial charge on any atom is -0.483 e. The molecule has 5 heteroatoms. The van der Waals surface area contributed by atoms with E-state index in [-0.39, 0.29) is 12.5 Å². The number of benzene rings is 2. The Morgan fingerprint density at radius 1 is 1.19 bits per heavy atom. The van der Waals surface area contributed by atoms with Gasteiger partial charge in [0.2, 0.25) is 0 Å². The van der Waals surface area contributed by atoms with E-state index in [1.807, 2.05) is 36.4 Å². The lowest BCUT2D eigenvalue weighted by Crippen LogP contribution is -2.36. The fourth-order valence-electron chi connectivity index (χ4n) is 3.18. The highest BCUT2D eigenvalue weighted by Gasteiger charge is 2.13. The van der Waals surface area contributed by atoms with Crippen molar-refractivity contribution in [2.75, 3.05) is 43.1 Å². The van der Waals surface area contributed by atoms with Gasteiger partial charge in [-0.15, -0.1) is 0 Å². The summed E-state index contributed by atoms with van der Waals surface area (Å²) < 4.78 is 11.2. The fraction of sp³-hybridized carbons (Fsp3) is 0.409. The van der Waals surface area contributed by atoms with Crippen LogP contribution >= 0.6 is 0 Å². The first kappa shape index (κ1) is 19.2. The van der Waals surface area contributed by atoms with E-state index in [2.05, 4.69) is 36.2 Å². The summed E-state index contributed by atoms with van der Waals surface area (Å²) in [6.07, 6.45) is 1.03. The Kier molecular flexibility index (Phi) is 6.71. The number of nitrogens with zero attached hydrogens (tertiary/aromatic N) is 1. The zero-order valence-electron chi connectivity index (χ0n) is 16.1. The number of anilines is 2. The van der Waals surface area contributed by atoms with Crippen LogP contribution in [-0.4, -0.2) is 38.8 Å². The van der Waals surface area contributed by atoms with Crippen LogP contribution in [0.4, 0.5) is 11.4 Å². The van der Waals surface area contributed by atoms with Gasteiger partial charge in [0.15, 0.2) is 6.61 Å². The fourth-order valence-corrected chi connectivity index (χ4v) is 3.18. The minimum absolute atomic E-state index is 0.00473. The van der Waals surface area contributed by atoms with E-state index in [0.717, 1.165) is 55.4 Å². The SMILES string of the molecule is CCC(C)c1ccccc1OCC(=O)Nc1cccc(N2CCOCC2)c1. The molecule has 1 heterocycles. The Hall–Kier alpha value is -2.53. The second-order valence-corrected chi connectivity index (χ2v) is 6.83. The molecule has 144 valence electrons. The van der Waals surface area contributed by atoms with Crippen molar-refractivity contribution in [2.24, 2.45) is 0 Å². The molecular formula is C22H28N2O3. The van der Waals surface area contributed by atoms with E-state index >= 15 is 0 Å². The summed E-state index contributed by atoms with van der Waals surface area (Å²) in [5.74, 6) is 1.02. The molecule has 1 unspecified atom stereocenters. The first-order chi connectivity index (χ1) is 13.2. The topological polar surface area (TPSA) is 50.8 Å². The predicted octanol–water partition coefficient (Wildman–Crippen LogP) is 4.05. The molecule has 0 bridgehead atoms. The summed E-state index contributed by atoms with van der Waals surface area (Å²) in [6, 6.07) is 15.8. The smallest absolute Gasteiger partial charge is 0.262 e.